The number of sulfonamides is 1. The SMILES string of the molecule is CCc1ccc(S(=O)(=O)Nc2ccc(Nc3ccc(F)cc3)nc2)s1. The van der Waals surface area contributed by atoms with Gasteiger partial charge < -0.3 is 5.32 Å². The average Bonchev–Trinajstić information content (AvgIpc) is 3.09. The number of benzene rings is 1. The number of aromatic nitrogens is 1. The van der Waals surface area contributed by atoms with Gasteiger partial charge in [-0.25, -0.2) is 17.8 Å². The molecule has 0 aliphatic rings. The normalized spacial score (nSPS) is 11.3. The van der Waals surface area contributed by atoms with Gasteiger partial charge in [0, 0.05) is 10.6 Å². The Morgan fingerprint density at radius 3 is 2.36 bits per heavy atom. The number of anilines is 3. The van der Waals surface area contributed by atoms with E-state index in [4.69, 9.17) is 0 Å². The van der Waals surface area contributed by atoms with Crippen molar-refractivity contribution in [1.29, 1.82) is 0 Å². The van der Waals surface area contributed by atoms with Crippen LogP contribution in [0.2, 0.25) is 0 Å². The van der Waals surface area contributed by atoms with Crippen molar-refractivity contribution in [2.24, 2.45) is 0 Å². The molecule has 5 nitrogen and oxygen atoms in total. The van der Waals surface area contributed by atoms with Crippen molar-refractivity contribution < 1.29 is 12.8 Å². The molecule has 2 heterocycles. The number of rotatable bonds is 6. The fraction of sp³-hybridized carbons (Fsp3) is 0.118. The van der Waals surface area contributed by atoms with Gasteiger partial charge in [0.1, 0.15) is 15.8 Å². The van der Waals surface area contributed by atoms with Gasteiger partial charge in [-0.1, -0.05) is 6.92 Å². The van der Waals surface area contributed by atoms with Crippen LogP contribution in [0.15, 0.2) is 58.9 Å². The van der Waals surface area contributed by atoms with Gasteiger partial charge in [-0.2, -0.15) is 0 Å². The number of nitrogens with one attached hydrogen (secondary N) is 2. The molecule has 0 aliphatic carbocycles. The monoisotopic (exact) mass is 377 g/mol. The first-order chi connectivity index (χ1) is 12.0. The first-order valence-corrected chi connectivity index (χ1v) is 9.86. The Hall–Kier alpha value is -2.45. The van der Waals surface area contributed by atoms with E-state index in [2.05, 4.69) is 15.0 Å². The summed E-state index contributed by atoms with van der Waals surface area (Å²) in [5.41, 5.74) is 1.06. The molecule has 0 bridgehead atoms. The van der Waals surface area contributed by atoms with Crippen LogP contribution in [0.1, 0.15) is 11.8 Å². The fourth-order valence-corrected chi connectivity index (χ4v) is 4.45. The number of nitrogens with zero attached hydrogens (tertiary/aromatic N) is 1. The van der Waals surface area contributed by atoms with E-state index >= 15 is 0 Å². The molecule has 130 valence electrons. The summed E-state index contributed by atoms with van der Waals surface area (Å²) in [5, 5.41) is 3.01. The molecule has 0 fully saturated rings. The number of hydrogen-bond donors (Lipinski definition) is 2. The molecule has 0 amide bonds. The van der Waals surface area contributed by atoms with Crippen molar-refractivity contribution in [2.45, 2.75) is 17.6 Å². The summed E-state index contributed by atoms with van der Waals surface area (Å²) in [6.07, 6.45) is 2.23. The number of hydrogen-bond acceptors (Lipinski definition) is 5. The zero-order valence-electron chi connectivity index (χ0n) is 13.4. The predicted octanol–water partition coefficient (Wildman–Crippen LogP) is 4.39. The van der Waals surface area contributed by atoms with Crippen molar-refractivity contribution in [3.8, 4) is 0 Å². The predicted molar refractivity (Wildman–Crippen MR) is 98.4 cm³/mol. The maximum absolute atomic E-state index is 12.9. The summed E-state index contributed by atoms with van der Waals surface area (Å²) < 4.78 is 40.4. The van der Waals surface area contributed by atoms with Crippen LogP contribution in [0.5, 0.6) is 0 Å². The van der Waals surface area contributed by atoms with Crippen molar-refractivity contribution in [1.82, 2.24) is 4.98 Å². The fourth-order valence-electron chi connectivity index (χ4n) is 2.11. The second-order valence-corrected chi connectivity index (χ2v) is 8.32. The molecule has 0 unspecified atom stereocenters. The van der Waals surface area contributed by atoms with Crippen LogP contribution >= 0.6 is 11.3 Å². The van der Waals surface area contributed by atoms with Crippen molar-refractivity contribution in [3.63, 3.8) is 0 Å². The van der Waals surface area contributed by atoms with Crippen molar-refractivity contribution >= 4 is 38.6 Å². The molecule has 8 heteroatoms. The minimum absolute atomic E-state index is 0.276. The molecule has 0 radical (unpaired) electrons. The van der Waals surface area contributed by atoms with E-state index in [0.29, 0.717) is 17.2 Å². The molecule has 3 rings (SSSR count). The highest BCUT2D eigenvalue weighted by Crippen LogP contribution is 2.24. The smallest absolute Gasteiger partial charge is 0.271 e. The van der Waals surface area contributed by atoms with E-state index in [1.807, 2.05) is 13.0 Å². The van der Waals surface area contributed by atoms with E-state index in [1.165, 1.54) is 29.7 Å². The number of halogens is 1. The van der Waals surface area contributed by atoms with Gasteiger partial charge in [0.2, 0.25) is 0 Å². The summed E-state index contributed by atoms with van der Waals surface area (Å²) >= 11 is 1.25. The Morgan fingerprint density at radius 2 is 1.76 bits per heavy atom. The summed E-state index contributed by atoms with van der Waals surface area (Å²) in [7, 11) is -3.61. The molecule has 0 saturated heterocycles. The largest absolute Gasteiger partial charge is 0.340 e. The summed E-state index contributed by atoms with van der Waals surface area (Å²) in [5.74, 6) is 0.210. The Labute approximate surface area is 149 Å². The van der Waals surface area contributed by atoms with Gasteiger partial charge in [-0.3, -0.25) is 4.72 Å². The third-order valence-corrected chi connectivity index (χ3v) is 6.49. The van der Waals surface area contributed by atoms with Crippen LogP contribution in [0.3, 0.4) is 0 Å². The van der Waals surface area contributed by atoms with Gasteiger partial charge in [0.15, 0.2) is 0 Å². The van der Waals surface area contributed by atoms with E-state index in [1.54, 1.807) is 30.3 Å². The third kappa shape index (κ3) is 4.34. The Balaban J connectivity index is 1.70. The van der Waals surface area contributed by atoms with Gasteiger partial charge in [0.25, 0.3) is 10.0 Å². The van der Waals surface area contributed by atoms with Crippen molar-refractivity contribution in [2.75, 3.05) is 10.0 Å². The number of pyridine rings is 1. The lowest BCUT2D eigenvalue weighted by molar-refractivity contribution is 0.603. The lowest BCUT2D eigenvalue weighted by atomic mass is 10.3. The maximum Gasteiger partial charge on any atom is 0.271 e. The highest BCUT2D eigenvalue weighted by atomic mass is 32.2. The van der Waals surface area contributed by atoms with Crippen LogP contribution < -0.4 is 10.0 Å². The van der Waals surface area contributed by atoms with Crippen LogP contribution in [-0.2, 0) is 16.4 Å². The third-order valence-electron chi connectivity index (χ3n) is 3.38. The highest BCUT2D eigenvalue weighted by molar-refractivity contribution is 7.94. The number of thiophene rings is 1. The maximum atomic E-state index is 12.9. The Kier molecular flexibility index (Phi) is 5.00. The van der Waals surface area contributed by atoms with E-state index in [9.17, 15) is 12.8 Å². The van der Waals surface area contributed by atoms with Gasteiger partial charge in [0.05, 0.1) is 11.9 Å². The van der Waals surface area contributed by atoms with Gasteiger partial charge in [-0.15, -0.1) is 11.3 Å². The summed E-state index contributed by atoms with van der Waals surface area (Å²) in [4.78, 5) is 5.18. The molecule has 1 aromatic carbocycles. The van der Waals surface area contributed by atoms with Gasteiger partial charge in [-0.05, 0) is 55.0 Å². The first kappa shape index (κ1) is 17.4. The zero-order valence-corrected chi connectivity index (χ0v) is 15.0. The van der Waals surface area contributed by atoms with E-state index < -0.39 is 10.0 Å². The highest BCUT2D eigenvalue weighted by Gasteiger charge is 2.16. The average molecular weight is 377 g/mol. The van der Waals surface area contributed by atoms with Gasteiger partial charge >= 0.3 is 0 Å². The van der Waals surface area contributed by atoms with Crippen molar-refractivity contribution in [3.05, 3.63) is 65.4 Å². The Morgan fingerprint density at radius 1 is 1.04 bits per heavy atom. The van der Waals surface area contributed by atoms with E-state index in [-0.39, 0.29) is 10.0 Å². The molecular weight excluding hydrogens is 361 g/mol. The zero-order chi connectivity index (χ0) is 17.9. The lowest BCUT2D eigenvalue weighted by Gasteiger charge is -2.08. The molecule has 3 aromatic rings. The first-order valence-electron chi connectivity index (χ1n) is 7.56. The number of aryl methyl sites for hydroxylation is 1. The second kappa shape index (κ2) is 7.20. The molecule has 0 aliphatic heterocycles. The second-order valence-electron chi connectivity index (χ2n) is 5.24. The molecule has 25 heavy (non-hydrogen) atoms. The molecule has 2 N–H and O–H groups in total. The minimum Gasteiger partial charge on any atom is -0.340 e. The Bertz CT molecular complexity index is 952. The quantitative estimate of drug-likeness (QED) is 0.668. The van der Waals surface area contributed by atoms with Crippen LogP contribution in [0.25, 0.3) is 0 Å². The molecular formula is C17H16FN3O2S2. The van der Waals surface area contributed by atoms with E-state index in [0.717, 1.165) is 11.3 Å². The standard InChI is InChI=1S/C17H16FN3O2S2/c1-2-15-8-10-17(24-15)25(22,23)21-14-7-9-16(19-11-14)20-13-5-3-12(18)4-6-13/h3-11,21H,2H2,1H3,(H,19,20). The van der Waals surface area contributed by atoms with Crippen LogP contribution in [0.4, 0.5) is 21.6 Å². The topological polar surface area (TPSA) is 71.1 Å². The summed E-state index contributed by atoms with van der Waals surface area (Å²) in [6.45, 7) is 1.98. The molecule has 2 aromatic heterocycles. The molecule has 0 atom stereocenters. The summed E-state index contributed by atoms with van der Waals surface area (Å²) in [6, 6.07) is 12.5. The molecule has 0 spiro atoms. The van der Waals surface area contributed by atoms with Crippen LogP contribution in [-0.4, -0.2) is 13.4 Å². The minimum atomic E-state index is -3.61. The van der Waals surface area contributed by atoms with Crippen LogP contribution in [0, 0.1) is 5.82 Å². The molecule has 0 saturated carbocycles. The lowest BCUT2D eigenvalue weighted by Crippen LogP contribution is -2.11.